The summed E-state index contributed by atoms with van der Waals surface area (Å²) >= 11 is 0. The molecule has 0 saturated carbocycles. The Kier molecular flexibility index (Phi) is 6.32. The molecular weight excluding hydrogens is 266 g/mol. The molecule has 0 radical (unpaired) electrons. The van der Waals surface area contributed by atoms with Crippen molar-refractivity contribution in [3.8, 4) is 6.07 Å². The van der Waals surface area contributed by atoms with E-state index in [0.717, 1.165) is 31.5 Å². The summed E-state index contributed by atoms with van der Waals surface area (Å²) in [5, 5.41) is 20.3. The van der Waals surface area contributed by atoms with Gasteiger partial charge < -0.3 is 0 Å². The van der Waals surface area contributed by atoms with Gasteiger partial charge in [0.1, 0.15) is 5.54 Å². The molecule has 5 heteroatoms. The van der Waals surface area contributed by atoms with Gasteiger partial charge in [-0.2, -0.15) is 5.26 Å². The third-order valence-corrected chi connectivity index (χ3v) is 3.62. The van der Waals surface area contributed by atoms with E-state index >= 15 is 0 Å². The van der Waals surface area contributed by atoms with E-state index in [1.807, 2.05) is 6.92 Å². The van der Waals surface area contributed by atoms with Crippen LogP contribution < -0.4 is 0 Å². The Morgan fingerprint density at radius 1 is 1.24 bits per heavy atom. The molecule has 21 heavy (non-hydrogen) atoms. The summed E-state index contributed by atoms with van der Waals surface area (Å²) in [7, 11) is 0. The van der Waals surface area contributed by atoms with Gasteiger partial charge in [0.05, 0.1) is 11.0 Å². The van der Waals surface area contributed by atoms with Crippen LogP contribution in [0.2, 0.25) is 0 Å². The van der Waals surface area contributed by atoms with Crippen LogP contribution >= 0.6 is 0 Å². The van der Waals surface area contributed by atoms with E-state index in [0.29, 0.717) is 6.42 Å². The molecule has 0 amide bonds. The van der Waals surface area contributed by atoms with E-state index in [-0.39, 0.29) is 5.69 Å². The molecule has 0 heterocycles. The first-order valence-electron chi connectivity index (χ1n) is 7.36. The van der Waals surface area contributed by atoms with E-state index in [9.17, 15) is 15.4 Å². The summed E-state index contributed by atoms with van der Waals surface area (Å²) in [6.07, 6.45) is 2.57. The zero-order chi connectivity index (χ0) is 15.9. The fourth-order valence-electron chi connectivity index (χ4n) is 2.50. The van der Waals surface area contributed by atoms with E-state index in [1.54, 1.807) is 12.1 Å². The maximum atomic E-state index is 10.7. The summed E-state index contributed by atoms with van der Waals surface area (Å²) in [5.74, 6) is 0. The van der Waals surface area contributed by atoms with Crippen LogP contribution in [0.15, 0.2) is 24.3 Å². The van der Waals surface area contributed by atoms with Crippen molar-refractivity contribution in [2.24, 2.45) is 0 Å². The number of non-ortho nitro benzene ring substituents is 1. The summed E-state index contributed by atoms with van der Waals surface area (Å²) in [4.78, 5) is 12.5. The smallest absolute Gasteiger partial charge is 0.269 e. The van der Waals surface area contributed by atoms with Gasteiger partial charge in [0, 0.05) is 18.6 Å². The largest absolute Gasteiger partial charge is 0.286 e. The second-order valence-electron chi connectivity index (χ2n) is 5.47. The van der Waals surface area contributed by atoms with Gasteiger partial charge in [0.15, 0.2) is 0 Å². The minimum atomic E-state index is -0.581. The number of nitro benzene ring substituents is 1. The summed E-state index contributed by atoms with van der Waals surface area (Å²) in [6.45, 7) is 7.91. The molecule has 114 valence electrons. The molecule has 1 aromatic carbocycles. The highest BCUT2D eigenvalue weighted by molar-refractivity contribution is 5.34. The second kappa shape index (κ2) is 7.75. The van der Waals surface area contributed by atoms with Gasteiger partial charge >= 0.3 is 0 Å². The van der Waals surface area contributed by atoms with Crippen molar-refractivity contribution in [2.75, 3.05) is 13.1 Å². The molecular formula is C16H23N3O2. The standard InChI is InChI=1S/C16H23N3O2/c1-4-10-18(11-5-2)16(3,13-17)12-14-6-8-15(9-7-14)19(20)21/h6-9H,4-5,10-12H2,1-3H3. The van der Waals surface area contributed by atoms with E-state index < -0.39 is 10.5 Å². The highest BCUT2D eigenvalue weighted by Crippen LogP contribution is 2.22. The zero-order valence-corrected chi connectivity index (χ0v) is 13.0. The molecule has 5 nitrogen and oxygen atoms in total. The molecule has 1 aromatic rings. The lowest BCUT2D eigenvalue weighted by Gasteiger charge is -2.36. The Labute approximate surface area is 126 Å². The number of nitriles is 1. The number of benzene rings is 1. The summed E-state index contributed by atoms with van der Waals surface area (Å²) in [5.41, 5.74) is 0.445. The number of hydrogen-bond acceptors (Lipinski definition) is 4. The highest BCUT2D eigenvalue weighted by Gasteiger charge is 2.31. The Hall–Kier alpha value is -1.93. The zero-order valence-electron chi connectivity index (χ0n) is 13.0. The maximum Gasteiger partial charge on any atom is 0.269 e. The van der Waals surface area contributed by atoms with Gasteiger partial charge in [0.25, 0.3) is 5.69 Å². The Morgan fingerprint density at radius 3 is 2.14 bits per heavy atom. The molecule has 1 rings (SSSR count). The van der Waals surface area contributed by atoms with Crippen molar-refractivity contribution in [3.63, 3.8) is 0 Å². The Morgan fingerprint density at radius 2 is 1.76 bits per heavy atom. The van der Waals surface area contributed by atoms with Gasteiger partial charge in [-0.25, -0.2) is 0 Å². The minimum Gasteiger partial charge on any atom is -0.286 e. The van der Waals surface area contributed by atoms with Gasteiger partial charge in [-0.3, -0.25) is 15.0 Å². The van der Waals surface area contributed by atoms with Crippen LogP contribution in [0.3, 0.4) is 0 Å². The summed E-state index contributed by atoms with van der Waals surface area (Å²) in [6, 6.07) is 8.90. The molecule has 0 fully saturated rings. The van der Waals surface area contributed by atoms with Crippen molar-refractivity contribution in [1.29, 1.82) is 5.26 Å². The van der Waals surface area contributed by atoms with Crippen LogP contribution in [0, 0.1) is 21.4 Å². The van der Waals surface area contributed by atoms with Gasteiger partial charge in [0.2, 0.25) is 0 Å². The van der Waals surface area contributed by atoms with Crippen molar-refractivity contribution in [2.45, 2.75) is 45.6 Å². The van der Waals surface area contributed by atoms with Crippen LogP contribution in [0.4, 0.5) is 5.69 Å². The van der Waals surface area contributed by atoms with Crippen molar-refractivity contribution in [3.05, 3.63) is 39.9 Å². The number of nitrogens with zero attached hydrogens (tertiary/aromatic N) is 3. The third-order valence-electron chi connectivity index (χ3n) is 3.62. The minimum absolute atomic E-state index is 0.0800. The Balaban J connectivity index is 2.93. The number of hydrogen-bond donors (Lipinski definition) is 0. The average Bonchev–Trinajstić information content (AvgIpc) is 2.47. The molecule has 0 saturated heterocycles. The van der Waals surface area contributed by atoms with Gasteiger partial charge in [-0.1, -0.05) is 26.0 Å². The number of rotatable bonds is 8. The molecule has 0 N–H and O–H groups in total. The molecule has 1 atom stereocenters. The predicted molar refractivity (Wildman–Crippen MR) is 83.0 cm³/mol. The molecule has 0 bridgehead atoms. The van der Waals surface area contributed by atoms with E-state index in [4.69, 9.17) is 0 Å². The first-order valence-corrected chi connectivity index (χ1v) is 7.36. The molecule has 1 unspecified atom stereocenters. The monoisotopic (exact) mass is 289 g/mol. The fourth-order valence-corrected chi connectivity index (χ4v) is 2.50. The van der Waals surface area contributed by atoms with Crippen LogP contribution in [-0.2, 0) is 6.42 Å². The van der Waals surface area contributed by atoms with Crippen LogP contribution in [-0.4, -0.2) is 28.5 Å². The van der Waals surface area contributed by atoms with Crippen molar-refractivity contribution >= 4 is 5.69 Å². The van der Waals surface area contributed by atoms with Crippen molar-refractivity contribution in [1.82, 2.24) is 4.90 Å². The molecule has 0 aliphatic heterocycles. The quantitative estimate of drug-likeness (QED) is 0.542. The third kappa shape index (κ3) is 4.54. The molecule has 0 aliphatic carbocycles. The van der Waals surface area contributed by atoms with Crippen LogP contribution in [0.5, 0.6) is 0 Å². The lowest BCUT2D eigenvalue weighted by atomic mass is 9.91. The number of nitro groups is 1. The molecule has 0 aromatic heterocycles. The maximum absolute atomic E-state index is 10.7. The van der Waals surface area contributed by atoms with Crippen LogP contribution in [0.1, 0.15) is 39.2 Å². The first kappa shape index (κ1) is 17.1. The topological polar surface area (TPSA) is 70.2 Å². The van der Waals surface area contributed by atoms with Gasteiger partial charge in [-0.15, -0.1) is 0 Å². The first-order chi connectivity index (χ1) is 9.96. The Bertz CT molecular complexity index is 501. The highest BCUT2D eigenvalue weighted by atomic mass is 16.6. The normalized spacial score (nSPS) is 13.7. The lowest BCUT2D eigenvalue weighted by molar-refractivity contribution is -0.384. The molecule has 0 spiro atoms. The second-order valence-corrected chi connectivity index (χ2v) is 5.47. The van der Waals surface area contributed by atoms with Gasteiger partial charge in [-0.05, 0) is 38.4 Å². The molecule has 0 aliphatic rings. The lowest BCUT2D eigenvalue weighted by Crippen LogP contribution is -2.47. The van der Waals surface area contributed by atoms with E-state index in [1.165, 1.54) is 12.1 Å². The fraction of sp³-hybridized carbons (Fsp3) is 0.562. The average molecular weight is 289 g/mol. The van der Waals surface area contributed by atoms with E-state index in [2.05, 4.69) is 24.8 Å². The van der Waals surface area contributed by atoms with Crippen molar-refractivity contribution < 1.29 is 4.92 Å². The summed E-state index contributed by atoms with van der Waals surface area (Å²) < 4.78 is 0. The predicted octanol–water partition coefficient (Wildman–Crippen LogP) is 3.54. The SMILES string of the molecule is CCCN(CCC)C(C)(C#N)Cc1ccc([N+](=O)[O-])cc1. The van der Waals surface area contributed by atoms with Crippen LogP contribution in [0.25, 0.3) is 0 Å².